The summed E-state index contributed by atoms with van der Waals surface area (Å²) < 4.78 is 56.6. The Hall–Kier alpha value is -3.88. The number of aliphatic hydroxyl groups is 4. The van der Waals surface area contributed by atoms with E-state index in [9.17, 15) is 53.7 Å². The van der Waals surface area contributed by atoms with Crippen molar-refractivity contribution in [3.05, 3.63) is 95.7 Å². The molecular weight excluding hydrogens is 989 g/mol. The average Bonchev–Trinajstić information content (AvgIpc) is 3.62. The molecule has 0 saturated carbocycles. The summed E-state index contributed by atoms with van der Waals surface area (Å²) >= 11 is 0. The number of nitrogens with two attached hydrogens (primary N) is 1. The number of allylic oxidation sites excluding steroid dienone is 8. The monoisotopic (exact) mass is 1070 g/mol. The molecule has 2 rings (SSSR count). The first-order valence-corrected chi connectivity index (χ1v) is 28.6. The minimum Gasteiger partial charge on any atom is -0.462 e. The maximum atomic E-state index is 12.8. The lowest BCUT2D eigenvalue weighted by atomic mass is 9.99. The van der Waals surface area contributed by atoms with E-state index >= 15 is 0 Å². The van der Waals surface area contributed by atoms with Crippen molar-refractivity contribution in [3.8, 4) is 0 Å². The number of anilines is 1. The average molecular weight is 1070 g/mol. The van der Waals surface area contributed by atoms with Crippen LogP contribution in [0.5, 0.6) is 0 Å². The van der Waals surface area contributed by atoms with Gasteiger partial charge in [0.2, 0.25) is 0 Å². The number of phosphoric ester groups is 2. The van der Waals surface area contributed by atoms with Crippen LogP contribution in [0.1, 0.15) is 149 Å². The lowest BCUT2D eigenvalue weighted by Crippen LogP contribution is -2.36. The van der Waals surface area contributed by atoms with Gasteiger partial charge in [-0.05, 0) is 50.5 Å². The largest absolute Gasteiger partial charge is 0.481 e. The van der Waals surface area contributed by atoms with Crippen molar-refractivity contribution in [2.75, 3.05) is 25.6 Å². The molecule has 0 spiro atoms. The number of phosphoric acid groups is 2. The Balaban J connectivity index is 1.87. The van der Waals surface area contributed by atoms with E-state index in [0.29, 0.717) is 25.7 Å². The summed E-state index contributed by atoms with van der Waals surface area (Å²) in [6, 6.07) is 1.23. The number of carbonyl (C=O) groups excluding carboxylic acids is 2. The molecule has 1 saturated heterocycles. The molecule has 0 aromatic carbocycles. The van der Waals surface area contributed by atoms with Crippen LogP contribution in [-0.2, 0) is 46.3 Å². The summed E-state index contributed by atoms with van der Waals surface area (Å²) in [7, 11) is -10.9. The summed E-state index contributed by atoms with van der Waals surface area (Å²) in [4.78, 5) is 61.9. The number of aliphatic hydroxyl groups excluding tert-OH is 4. The molecule has 0 amide bonds. The maximum absolute atomic E-state index is 12.8. The normalized spacial score (nSPS) is 20.9. The van der Waals surface area contributed by atoms with Gasteiger partial charge in [-0.25, -0.2) is 13.9 Å². The van der Waals surface area contributed by atoms with E-state index in [1.807, 2.05) is 31.2 Å². The summed E-state index contributed by atoms with van der Waals surface area (Å²) in [5, 5.41) is 41.0. The molecule has 8 N–H and O–H groups in total. The van der Waals surface area contributed by atoms with Gasteiger partial charge < -0.3 is 50.2 Å². The van der Waals surface area contributed by atoms with E-state index < -0.39 is 95.9 Å². The van der Waals surface area contributed by atoms with Gasteiger partial charge in [0.1, 0.15) is 30.7 Å². The lowest BCUT2D eigenvalue weighted by Gasteiger charge is -2.21. The van der Waals surface area contributed by atoms with Crippen LogP contribution in [0.2, 0.25) is 0 Å². The van der Waals surface area contributed by atoms with Crippen LogP contribution >= 0.6 is 15.6 Å². The number of carbonyl (C=O) groups is 2. The lowest BCUT2D eigenvalue weighted by molar-refractivity contribution is -0.161. The molecule has 73 heavy (non-hydrogen) atoms. The molecule has 2 heterocycles. The second kappa shape index (κ2) is 37.8. The van der Waals surface area contributed by atoms with Crippen LogP contribution in [0.4, 0.5) is 5.82 Å². The van der Waals surface area contributed by atoms with Gasteiger partial charge in [-0.1, -0.05) is 164 Å². The zero-order valence-electron chi connectivity index (χ0n) is 42.8. The Kier molecular flexibility index (Phi) is 33.8. The number of unbranched alkanes of at least 4 members (excludes halogenated alkanes) is 9. The summed E-state index contributed by atoms with van der Waals surface area (Å²) in [6.07, 6.45) is 29.2. The minimum atomic E-state index is -5.47. The Morgan fingerprint density at radius 2 is 1.37 bits per heavy atom. The Morgan fingerprint density at radius 1 is 0.781 bits per heavy atom. The molecule has 1 aromatic heterocycles. The zero-order chi connectivity index (χ0) is 53.9. The van der Waals surface area contributed by atoms with E-state index in [1.165, 1.54) is 51.0 Å². The number of rotatable bonds is 40. The molecule has 1 fully saturated rings. The third-order valence-corrected chi connectivity index (χ3v) is 14.1. The molecule has 1 aromatic rings. The molecule has 20 nitrogen and oxygen atoms in total. The fourth-order valence-electron chi connectivity index (χ4n) is 7.14. The van der Waals surface area contributed by atoms with Gasteiger partial charge in [-0.2, -0.15) is 9.29 Å². The third kappa shape index (κ3) is 30.9. The highest BCUT2D eigenvalue weighted by Crippen LogP contribution is 2.60. The first kappa shape index (κ1) is 65.2. The smallest absolute Gasteiger partial charge is 0.462 e. The van der Waals surface area contributed by atoms with Crippen molar-refractivity contribution in [2.24, 2.45) is 5.92 Å². The molecule has 22 heteroatoms. The summed E-state index contributed by atoms with van der Waals surface area (Å²) in [5.41, 5.74) is 4.57. The quantitative estimate of drug-likeness (QED) is 0.0107. The fourth-order valence-corrected chi connectivity index (χ4v) is 9.25. The molecule has 1 aliphatic rings. The van der Waals surface area contributed by atoms with Crippen molar-refractivity contribution in [3.63, 3.8) is 0 Å². The second-order valence-corrected chi connectivity index (χ2v) is 21.0. The number of hydrogen-bond donors (Lipinski definition) is 7. The van der Waals surface area contributed by atoms with Gasteiger partial charge in [0.25, 0.3) is 0 Å². The first-order valence-electron chi connectivity index (χ1n) is 25.6. The predicted molar refractivity (Wildman–Crippen MR) is 277 cm³/mol. The fraction of sp³-hybridized carbons (Fsp3) is 0.647. The summed E-state index contributed by atoms with van der Waals surface area (Å²) in [5.74, 6) is -0.689. The number of hydrogen-bond acceptors (Lipinski definition) is 17. The molecular formula is C51H83N3O17P2. The number of esters is 2. The summed E-state index contributed by atoms with van der Waals surface area (Å²) in [6.45, 7) is 4.10. The van der Waals surface area contributed by atoms with Crippen LogP contribution < -0.4 is 11.4 Å². The van der Waals surface area contributed by atoms with Crippen molar-refractivity contribution in [1.29, 1.82) is 0 Å². The molecule has 0 bridgehead atoms. The van der Waals surface area contributed by atoms with E-state index in [1.54, 1.807) is 48.6 Å². The first-order chi connectivity index (χ1) is 34.9. The van der Waals surface area contributed by atoms with Gasteiger partial charge in [0, 0.05) is 19.0 Å². The van der Waals surface area contributed by atoms with E-state index in [-0.39, 0.29) is 25.1 Å². The predicted octanol–water partition coefficient (Wildman–Crippen LogP) is 8.30. The van der Waals surface area contributed by atoms with Gasteiger partial charge in [-0.15, -0.1) is 0 Å². The SMILES string of the molecule is CC/C=C\C[C@H](O)/C=C/C=C\C=C\[C@H](O)C/C=C\C/C=C\CCC(=O)O[C@H](COC(=O)CCCCCCCCCCCCC(C)CC)COP(=O)(O)OP(=O)(O)OC[C@H]1O[C@@H](n2ccc(N)nc2=O)[C@H](O)[C@@H]1O. The van der Waals surface area contributed by atoms with Crippen LogP contribution in [0.15, 0.2) is 90.0 Å². The van der Waals surface area contributed by atoms with E-state index in [0.717, 1.165) is 48.8 Å². The molecule has 3 unspecified atom stereocenters. The highest BCUT2D eigenvalue weighted by atomic mass is 31.3. The highest BCUT2D eigenvalue weighted by molar-refractivity contribution is 7.61. The molecule has 0 radical (unpaired) electrons. The van der Waals surface area contributed by atoms with Crippen LogP contribution in [0.3, 0.4) is 0 Å². The Bertz CT molecular complexity index is 2060. The second-order valence-electron chi connectivity index (χ2n) is 17.9. The Labute approximate surface area is 430 Å². The van der Waals surface area contributed by atoms with Gasteiger partial charge in [0.15, 0.2) is 12.3 Å². The van der Waals surface area contributed by atoms with Crippen molar-refractivity contribution in [1.82, 2.24) is 9.55 Å². The van der Waals surface area contributed by atoms with Gasteiger partial charge in [-0.3, -0.25) is 23.2 Å². The highest BCUT2D eigenvalue weighted by Gasteiger charge is 2.46. The van der Waals surface area contributed by atoms with Crippen LogP contribution in [-0.4, -0.2) is 108 Å². The molecule has 1 aliphatic heterocycles. The van der Waals surface area contributed by atoms with Crippen molar-refractivity contribution >= 4 is 33.4 Å². The number of ether oxygens (including phenoxy) is 3. The zero-order valence-corrected chi connectivity index (χ0v) is 44.6. The molecule has 0 aliphatic carbocycles. The Morgan fingerprint density at radius 3 is 1.99 bits per heavy atom. The van der Waals surface area contributed by atoms with E-state index in [4.69, 9.17) is 29.0 Å². The molecule has 10 atom stereocenters. The van der Waals surface area contributed by atoms with Crippen molar-refractivity contribution in [2.45, 2.75) is 186 Å². The van der Waals surface area contributed by atoms with Crippen LogP contribution in [0, 0.1) is 5.92 Å². The third-order valence-electron chi connectivity index (χ3n) is 11.5. The topological polar surface area (TPSA) is 306 Å². The van der Waals surface area contributed by atoms with Gasteiger partial charge in [0.05, 0.1) is 25.4 Å². The van der Waals surface area contributed by atoms with Crippen LogP contribution in [0.25, 0.3) is 0 Å². The number of nitrogens with zero attached hydrogens (tertiary/aromatic N) is 2. The van der Waals surface area contributed by atoms with Gasteiger partial charge >= 0.3 is 33.3 Å². The number of aromatic nitrogens is 2. The molecule has 414 valence electrons. The van der Waals surface area contributed by atoms with E-state index in [2.05, 4.69) is 23.1 Å². The maximum Gasteiger partial charge on any atom is 0.481 e. The standard InChI is InChI=1S/C51H83N3O17P2/c1-4-6-21-29-41(55)31-24-19-20-25-32-42(56)30-23-16-13-14-18-27-34-47(58)69-43(37-66-46(57)33-26-17-12-10-8-7-9-11-15-22-28-40(3)5-2)38-67-72(62,63)71-73(64,65)68-39-44-48(59)49(60)50(70-44)54-36-35-45(52)53-51(54)61/h6,14,16,18-21,23-25,31-32,35-36,40-44,48-50,55-56,59-60H,4-5,7-13,15,17,22,26-30,33-34,37-39H2,1-3H3,(H,62,63)(H,64,65)(H2,52,53,61)/b18-14-,20-19-,21-6-,23-16-,31-24+,32-25+/t40?,41-,42+,43+,44+,48+,49+,50+/m0/s1. The minimum absolute atomic E-state index is 0.0867. The van der Waals surface area contributed by atoms with Crippen molar-refractivity contribution < 1.29 is 76.5 Å². The number of nitrogen functional groups attached to an aromatic ring is 1.